The Morgan fingerprint density at radius 1 is 1.07 bits per heavy atom. The molecule has 4 aliphatic rings. The van der Waals surface area contributed by atoms with Crippen LogP contribution < -0.4 is 5.11 Å². The maximum Gasteiger partial charge on any atom is 0.0602 e. The number of hydrogen-bond acceptors (Lipinski definition) is 4. The second-order valence-corrected chi connectivity index (χ2v) is 11.3. The van der Waals surface area contributed by atoms with E-state index in [-0.39, 0.29) is 29.5 Å². The monoisotopic (exact) mass is 391 g/mol. The molecule has 4 aliphatic carbocycles. The van der Waals surface area contributed by atoms with E-state index in [1.165, 1.54) is 19.3 Å². The zero-order chi connectivity index (χ0) is 20.3. The van der Waals surface area contributed by atoms with Crippen LogP contribution in [-0.4, -0.2) is 28.4 Å². The molecule has 0 saturated heterocycles. The zero-order valence-corrected chi connectivity index (χ0v) is 17.9. The third kappa shape index (κ3) is 3.05. The molecular weight excluding hydrogens is 352 g/mol. The average Bonchev–Trinajstić information content (AvgIpc) is 3.00. The van der Waals surface area contributed by atoms with E-state index >= 15 is 0 Å². The van der Waals surface area contributed by atoms with E-state index in [1.807, 2.05) is 0 Å². The molecule has 28 heavy (non-hydrogen) atoms. The fourth-order valence-corrected chi connectivity index (χ4v) is 8.71. The van der Waals surface area contributed by atoms with Gasteiger partial charge in [-0.1, -0.05) is 20.8 Å². The van der Waals surface area contributed by atoms with Crippen molar-refractivity contribution < 1.29 is 20.1 Å². The molecule has 0 radical (unpaired) electrons. The summed E-state index contributed by atoms with van der Waals surface area (Å²) in [6.07, 6.45) is 8.98. The Morgan fingerprint density at radius 2 is 1.82 bits per heavy atom. The van der Waals surface area contributed by atoms with Crippen LogP contribution in [0.5, 0.6) is 0 Å². The first-order chi connectivity index (χ1) is 13.2. The summed E-state index contributed by atoms with van der Waals surface area (Å²) < 4.78 is 0. The normalized spacial score (nSPS) is 51.7. The molecule has 0 unspecified atom stereocenters. The van der Waals surface area contributed by atoms with Gasteiger partial charge in [0.1, 0.15) is 0 Å². The van der Waals surface area contributed by atoms with Gasteiger partial charge in [0.05, 0.1) is 12.2 Å². The minimum atomic E-state index is -0.957. The SMILES string of the molecule is C[C@H](CCC(=O)[O-])[C@H]1CC[C@H]2[C@H]3CC[C@H]4C[C@H](O)CC[C@]4(C)[C@@H]3C[C@H](O)[C@@]12C. The third-order valence-corrected chi connectivity index (χ3v) is 10.3. The van der Waals surface area contributed by atoms with Crippen molar-refractivity contribution in [1.29, 1.82) is 0 Å². The number of aliphatic hydroxyl groups is 2. The van der Waals surface area contributed by atoms with Crippen LogP contribution in [0.3, 0.4) is 0 Å². The van der Waals surface area contributed by atoms with Gasteiger partial charge in [0.2, 0.25) is 0 Å². The first-order valence-corrected chi connectivity index (χ1v) is 11.7. The predicted molar refractivity (Wildman–Crippen MR) is 106 cm³/mol. The Balaban J connectivity index is 1.56. The summed E-state index contributed by atoms with van der Waals surface area (Å²) in [7, 11) is 0. The number of aliphatic hydroxyl groups excluding tert-OH is 2. The average molecular weight is 392 g/mol. The molecule has 0 heterocycles. The number of aliphatic carboxylic acids is 1. The van der Waals surface area contributed by atoms with Crippen molar-refractivity contribution in [1.82, 2.24) is 0 Å². The van der Waals surface area contributed by atoms with Crippen LogP contribution >= 0.6 is 0 Å². The van der Waals surface area contributed by atoms with Crippen molar-refractivity contribution >= 4 is 5.97 Å². The largest absolute Gasteiger partial charge is 0.550 e. The Morgan fingerprint density at radius 3 is 2.54 bits per heavy atom. The van der Waals surface area contributed by atoms with Crippen LogP contribution in [0.4, 0.5) is 0 Å². The number of carboxylic acids is 1. The molecule has 0 aromatic rings. The molecule has 160 valence electrons. The van der Waals surface area contributed by atoms with Crippen LogP contribution in [0.1, 0.15) is 85.0 Å². The van der Waals surface area contributed by atoms with E-state index in [2.05, 4.69) is 20.8 Å². The summed E-state index contributed by atoms with van der Waals surface area (Å²) in [5.74, 6) is 2.19. The van der Waals surface area contributed by atoms with Crippen molar-refractivity contribution in [3.05, 3.63) is 0 Å². The quantitative estimate of drug-likeness (QED) is 0.771. The minimum Gasteiger partial charge on any atom is -0.550 e. The molecule has 0 spiro atoms. The first kappa shape index (κ1) is 20.7. The van der Waals surface area contributed by atoms with Crippen molar-refractivity contribution in [2.24, 2.45) is 46.3 Å². The maximum atomic E-state index is 11.5. The summed E-state index contributed by atoms with van der Waals surface area (Å²) in [6, 6.07) is 0. The van der Waals surface area contributed by atoms with E-state index in [0.29, 0.717) is 41.9 Å². The lowest BCUT2D eigenvalue weighted by atomic mass is 9.43. The molecule has 0 aliphatic heterocycles. The highest BCUT2D eigenvalue weighted by Gasteiger charge is 2.63. The van der Waals surface area contributed by atoms with Crippen molar-refractivity contribution in [2.75, 3.05) is 0 Å². The van der Waals surface area contributed by atoms with E-state index < -0.39 is 5.97 Å². The molecule has 10 atom stereocenters. The smallest absolute Gasteiger partial charge is 0.0602 e. The summed E-state index contributed by atoms with van der Waals surface area (Å²) in [4.78, 5) is 10.9. The van der Waals surface area contributed by atoms with Gasteiger partial charge in [-0.3, -0.25) is 0 Å². The third-order valence-electron chi connectivity index (χ3n) is 10.3. The van der Waals surface area contributed by atoms with Gasteiger partial charge in [-0.25, -0.2) is 0 Å². The lowest BCUT2D eigenvalue weighted by Gasteiger charge is -2.62. The molecular formula is C24H39O4-. The lowest BCUT2D eigenvalue weighted by Crippen LogP contribution is -2.58. The van der Waals surface area contributed by atoms with E-state index in [9.17, 15) is 20.1 Å². The molecule has 0 aromatic carbocycles. The van der Waals surface area contributed by atoms with Crippen LogP contribution in [0.15, 0.2) is 0 Å². The summed E-state index contributed by atoms with van der Waals surface area (Å²) >= 11 is 0. The summed E-state index contributed by atoms with van der Waals surface area (Å²) in [5, 5.41) is 32.6. The van der Waals surface area contributed by atoms with Crippen LogP contribution in [0.25, 0.3) is 0 Å². The second-order valence-electron chi connectivity index (χ2n) is 11.3. The number of rotatable bonds is 4. The molecule has 4 heteroatoms. The number of hydrogen-bond donors (Lipinski definition) is 2. The minimum absolute atomic E-state index is 0.0795. The molecule has 4 fully saturated rings. The van der Waals surface area contributed by atoms with Gasteiger partial charge in [0, 0.05) is 5.97 Å². The van der Waals surface area contributed by atoms with Gasteiger partial charge < -0.3 is 20.1 Å². The Kier molecular flexibility index (Phi) is 5.36. The maximum absolute atomic E-state index is 11.5. The molecule has 2 N–H and O–H groups in total. The number of fused-ring (bicyclic) bond motifs is 5. The molecule has 4 saturated carbocycles. The molecule has 0 amide bonds. The highest BCUT2D eigenvalue weighted by atomic mass is 16.4. The lowest BCUT2D eigenvalue weighted by molar-refractivity contribution is -0.306. The van der Waals surface area contributed by atoms with E-state index in [4.69, 9.17) is 0 Å². The van der Waals surface area contributed by atoms with Gasteiger partial charge in [-0.05, 0) is 111 Å². The van der Waals surface area contributed by atoms with E-state index in [0.717, 1.165) is 32.1 Å². The Hall–Kier alpha value is -0.610. The van der Waals surface area contributed by atoms with E-state index in [1.54, 1.807) is 0 Å². The Labute approximate surface area is 170 Å². The van der Waals surface area contributed by atoms with Crippen LogP contribution in [0, 0.1) is 46.3 Å². The summed E-state index contributed by atoms with van der Waals surface area (Å²) in [5.41, 5.74) is 0.188. The Bertz CT molecular complexity index is 605. The summed E-state index contributed by atoms with van der Waals surface area (Å²) in [6.45, 7) is 6.94. The zero-order valence-electron chi connectivity index (χ0n) is 17.9. The van der Waals surface area contributed by atoms with Gasteiger partial charge in [-0.15, -0.1) is 0 Å². The highest BCUT2D eigenvalue weighted by Crippen LogP contribution is 2.68. The van der Waals surface area contributed by atoms with Gasteiger partial charge in [-0.2, -0.15) is 0 Å². The predicted octanol–water partition coefficient (Wildman–Crippen LogP) is 3.14. The fourth-order valence-electron chi connectivity index (χ4n) is 8.71. The molecule has 0 bridgehead atoms. The standard InChI is InChI=1S/C24H40O4/c1-14(4-9-22(27)28)18-7-8-19-17-6-5-15-12-16(25)10-11-23(15,2)20(17)13-21(26)24(18,19)3/h14-21,25-26H,4-13H2,1-3H3,(H,27,28)/p-1/t14-,15+,16-,17-,18-,19+,20-,21+,23+,24+/m1/s1. The van der Waals surface area contributed by atoms with Gasteiger partial charge >= 0.3 is 0 Å². The van der Waals surface area contributed by atoms with Crippen molar-refractivity contribution in [2.45, 2.75) is 97.2 Å². The molecule has 4 nitrogen and oxygen atoms in total. The van der Waals surface area contributed by atoms with Crippen LogP contribution in [0.2, 0.25) is 0 Å². The van der Waals surface area contributed by atoms with Crippen LogP contribution in [-0.2, 0) is 4.79 Å². The highest BCUT2D eigenvalue weighted by molar-refractivity contribution is 5.64. The van der Waals surface area contributed by atoms with Crippen molar-refractivity contribution in [3.8, 4) is 0 Å². The first-order valence-electron chi connectivity index (χ1n) is 11.7. The number of carboxylic acid groups (broad SMARTS) is 1. The number of carbonyl (C=O) groups is 1. The van der Waals surface area contributed by atoms with Crippen molar-refractivity contribution in [3.63, 3.8) is 0 Å². The fraction of sp³-hybridized carbons (Fsp3) is 0.958. The molecule has 4 rings (SSSR count). The topological polar surface area (TPSA) is 80.6 Å². The van der Waals surface area contributed by atoms with Gasteiger partial charge in [0.25, 0.3) is 0 Å². The van der Waals surface area contributed by atoms with Gasteiger partial charge in [0.15, 0.2) is 0 Å². The number of carbonyl (C=O) groups excluding carboxylic acids is 1. The molecule has 0 aromatic heterocycles. The second kappa shape index (κ2) is 7.27.